The van der Waals surface area contributed by atoms with E-state index in [9.17, 15) is 4.79 Å². The number of rotatable bonds is 5. The minimum absolute atomic E-state index is 0.0377. The fourth-order valence-electron chi connectivity index (χ4n) is 2.49. The van der Waals surface area contributed by atoms with Crippen molar-refractivity contribution in [2.45, 2.75) is 33.2 Å². The van der Waals surface area contributed by atoms with Crippen molar-refractivity contribution in [3.05, 3.63) is 47.2 Å². The standard InChI is InChI=1S/C16H20N2O2/c1-11-8-15(16(19)17-9-13-5-6-13)12(2)18(11)10-14-4-3-7-20-14/h3-4,7-8,13H,5-6,9-10H2,1-2H3,(H,17,19). The minimum Gasteiger partial charge on any atom is -0.467 e. The molecule has 0 spiro atoms. The second-order valence-electron chi connectivity index (χ2n) is 5.60. The second-order valence-corrected chi connectivity index (χ2v) is 5.60. The van der Waals surface area contributed by atoms with Crippen LogP contribution in [0.2, 0.25) is 0 Å². The van der Waals surface area contributed by atoms with E-state index in [0.717, 1.165) is 29.3 Å². The van der Waals surface area contributed by atoms with Crippen molar-refractivity contribution in [2.75, 3.05) is 6.54 Å². The summed E-state index contributed by atoms with van der Waals surface area (Å²) in [6, 6.07) is 5.79. The largest absolute Gasteiger partial charge is 0.467 e. The molecule has 20 heavy (non-hydrogen) atoms. The van der Waals surface area contributed by atoms with Crippen LogP contribution >= 0.6 is 0 Å². The highest BCUT2D eigenvalue weighted by Gasteiger charge is 2.23. The Bertz CT molecular complexity index is 607. The lowest BCUT2D eigenvalue weighted by atomic mass is 10.2. The molecule has 4 heteroatoms. The summed E-state index contributed by atoms with van der Waals surface area (Å²) in [5.41, 5.74) is 2.84. The van der Waals surface area contributed by atoms with Gasteiger partial charge in [-0.05, 0) is 50.8 Å². The lowest BCUT2D eigenvalue weighted by Gasteiger charge is -2.08. The third kappa shape index (κ3) is 2.64. The molecule has 1 amide bonds. The van der Waals surface area contributed by atoms with Gasteiger partial charge in [-0.1, -0.05) is 0 Å². The molecule has 1 aliphatic rings. The van der Waals surface area contributed by atoms with Crippen LogP contribution in [0.4, 0.5) is 0 Å². The number of aromatic nitrogens is 1. The monoisotopic (exact) mass is 272 g/mol. The van der Waals surface area contributed by atoms with E-state index in [1.165, 1.54) is 12.8 Å². The molecule has 1 saturated carbocycles. The van der Waals surface area contributed by atoms with Gasteiger partial charge in [0.05, 0.1) is 18.4 Å². The van der Waals surface area contributed by atoms with Gasteiger partial charge in [0.25, 0.3) is 5.91 Å². The average Bonchev–Trinajstić information content (AvgIpc) is 3.05. The molecule has 1 N–H and O–H groups in total. The van der Waals surface area contributed by atoms with E-state index < -0.39 is 0 Å². The van der Waals surface area contributed by atoms with E-state index in [1.807, 2.05) is 32.0 Å². The van der Waals surface area contributed by atoms with Crippen LogP contribution in [0.1, 0.15) is 40.3 Å². The first-order valence-electron chi connectivity index (χ1n) is 7.12. The summed E-state index contributed by atoms with van der Waals surface area (Å²) < 4.78 is 7.50. The van der Waals surface area contributed by atoms with E-state index in [1.54, 1.807) is 6.26 Å². The number of hydrogen-bond acceptors (Lipinski definition) is 2. The zero-order chi connectivity index (χ0) is 14.1. The minimum atomic E-state index is 0.0377. The molecule has 0 aromatic carbocycles. The molecule has 4 nitrogen and oxygen atoms in total. The Morgan fingerprint density at radius 2 is 2.25 bits per heavy atom. The molecule has 2 aromatic rings. The molecule has 0 radical (unpaired) electrons. The van der Waals surface area contributed by atoms with E-state index in [0.29, 0.717) is 12.5 Å². The molecule has 1 fully saturated rings. The Kier molecular flexibility index (Phi) is 3.38. The number of nitrogens with zero attached hydrogens (tertiary/aromatic N) is 1. The third-order valence-electron chi connectivity index (χ3n) is 3.96. The first-order chi connectivity index (χ1) is 9.65. The van der Waals surface area contributed by atoms with Crippen LogP contribution in [-0.2, 0) is 6.54 Å². The highest BCUT2D eigenvalue weighted by atomic mass is 16.3. The van der Waals surface area contributed by atoms with Gasteiger partial charge < -0.3 is 14.3 Å². The Labute approximate surface area is 118 Å². The summed E-state index contributed by atoms with van der Waals surface area (Å²) in [4.78, 5) is 12.2. The Hall–Kier alpha value is -1.97. The maximum absolute atomic E-state index is 12.2. The van der Waals surface area contributed by atoms with Gasteiger partial charge in [0, 0.05) is 17.9 Å². The van der Waals surface area contributed by atoms with Crippen molar-refractivity contribution in [3.8, 4) is 0 Å². The van der Waals surface area contributed by atoms with Crippen molar-refractivity contribution >= 4 is 5.91 Å². The quantitative estimate of drug-likeness (QED) is 0.909. The predicted octanol–water partition coefficient (Wildman–Crippen LogP) is 2.89. The summed E-state index contributed by atoms with van der Waals surface area (Å²) in [6.45, 7) is 5.48. The molecule has 2 aromatic heterocycles. The van der Waals surface area contributed by atoms with Gasteiger partial charge in [-0.25, -0.2) is 0 Å². The number of furan rings is 1. The maximum atomic E-state index is 12.2. The maximum Gasteiger partial charge on any atom is 0.253 e. The smallest absolute Gasteiger partial charge is 0.253 e. The first kappa shape index (κ1) is 13.0. The number of carbonyl (C=O) groups excluding carboxylic acids is 1. The molecule has 0 aliphatic heterocycles. The van der Waals surface area contributed by atoms with Crippen LogP contribution in [0.15, 0.2) is 28.9 Å². The number of amides is 1. The summed E-state index contributed by atoms with van der Waals surface area (Å²) in [7, 11) is 0. The van der Waals surface area contributed by atoms with Crippen LogP contribution in [0, 0.1) is 19.8 Å². The summed E-state index contributed by atoms with van der Waals surface area (Å²) in [5.74, 6) is 1.64. The van der Waals surface area contributed by atoms with Crippen molar-refractivity contribution in [1.82, 2.24) is 9.88 Å². The molecule has 0 unspecified atom stereocenters. The first-order valence-corrected chi connectivity index (χ1v) is 7.12. The molecule has 0 atom stereocenters. The van der Waals surface area contributed by atoms with Gasteiger partial charge in [0.1, 0.15) is 5.76 Å². The normalized spacial score (nSPS) is 14.5. The summed E-state index contributed by atoms with van der Waals surface area (Å²) in [6.07, 6.45) is 4.17. The van der Waals surface area contributed by atoms with Crippen LogP contribution in [0.3, 0.4) is 0 Å². The van der Waals surface area contributed by atoms with E-state index >= 15 is 0 Å². The number of hydrogen-bond donors (Lipinski definition) is 1. The van der Waals surface area contributed by atoms with E-state index in [-0.39, 0.29) is 5.91 Å². The highest BCUT2D eigenvalue weighted by molar-refractivity contribution is 5.95. The fraction of sp³-hybridized carbons (Fsp3) is 0.438. The molecule has 0 bridgehead atoms. The molecular weight excluding hydrogens is 252 g/mol. The summed E-state index contributed by atoms with van der Waals surface area (Å²) >= 11 is 0. The lowest BCUT2D eigenvalue weighted by Crippen LogP contribution is -2.26. The van der Waals surface area contributed by atoms with Crippen molar-refractivity contribution in [3.63, 3.8) is 0 Å². The molecule has 2 heterocycles. The van der Waals surface area contributed by atoms with Crippen molar-refractivity contribution < 1.29 is 9.21 Å². The van der Waals surface area contributed by atoms with Crippen LogP contribution < -0.4 is 5.32 Å². The van der Waals surface area contributed by atoms with Crippen LogP contribution in [0.25, 0.3) is 0 Å². The topological polar surface area (TPSA) is 47.2 Å². The molecule has 1 aliphatic carbocycles. The number of carbonyl (C=O) groups is 1. The number of nitrogens with one attached hydrogen (secondary N) is 1. The van der Waals surface area contributed by atoms with Crippen LogP contribution in [-0.4, -0.2) is 17.0 Å². The molecule has 0 saturated heterocycles. The average molecular weight is 272 g/mol. The van der Waals surface area contributed by atoms with Gasteiger partial charge in [0.15, 0.2) is 0 Å². The second kappa shape index (κ2) is 5.19. The lowest BCUT2D eigenvalue weighted by molar-refractivity contribution is 0.0951. The zero-order valence-corrected chi connectivity index (χ0v) is 12.0. The van der Waals surface area contributed by atoms with Crippen LogP contribution in [0.5, 0.6) is 0 Å². The molecule has 3 rings (SSSR count). The Morgan fingerprint density at radius 3 is 2.90 bits per heavy atom. The van der Waals surface area contributed by atoms with Gasteiger partial charge in [-0.15, -0.1) is 0 Å². The predicted molar refractivity (Wildman–Crippen MR) is 76.8 cm³/mol. The van der Waals surface area contributed by atoms with E-state index in [2.05, 4.69) is 9.88 Å². The van der Waals surface area contributed by atoms with Gasteiger partial charge in [-0.2, -0.15) is 0 Å². The van der Waals surface area contributed by atoms with Gasteiger partial charge in [0.2, 0.25) is 0 Å². The third-order valence-corrected chi connectivity index (χ3v) is 3.96. The Morgan fingerprint density at radius 1 is 1.45 bits per heavy atom. The number of aryl methyl sites for hydroxylation is 1. The SMILES string of the molecule is Cc1cc(C(=O)NCC2CC2)c(C)n1Cc1ccco1. The molecular formula is C16H20N2O2. The summed E-state index contributed by atoms with van der Waals surface area (Å²) in [5, 5.41) is 3.03. The van der Waals surface area contributed by atoms with Crippen molar-refractivity contribution in [2.24, 2.45) is 5.92 Å². The Balaban J connectivity index is 1.76. The van der Waals surface area contributed by atoms with Crippen molar-refractivity contribution in [1.29, 1.82) is 0 Å². The zero-order valence-electron chi connectivity index (χ0n) is 12.0. The van der Waals surface area contributed by atoms with E-state index in [4.69, 9.17) is 4.42 Å². The molecule has 106 valence electrons. The van der Waals surface area contributed by atoms with Gasteiger partial charge >= 0.3 is 0 Å². The van der Waals surface area contributed by atoms with Gasteiger partial charge in [-0.3, -0.25) is 4.79 Å². The highest BCUT2D eigenvalue weighted by Crippen LogP contribution is 2.27. The fourth-order valence-corrected chi connectivity index (χ4v) is 2.49.